The molecule has 0 bridgehead atoms. The minimum absolute atomic E-state index is 0.256. The van der Waals surface area contributed by atoms with E-state index in [1.807, 2.05) is 0 Å². The average molecular weight is 210 g/mol. The van der Waals surface area contributed by atoms with Crippen LogP contribution in [-0.2, 0) is 0 Å². The van der Waals surface area contributed by atoms with Crippen LogP contribution < -0.4 is 0 Å². The molecule has 1 nitrogen and oxygen atoms in total. The van der Waals surface area contributed by atoms with Gasteiger partial charge >= 0.3 is 0 Å². The SMILES string of the molecule is CCC(CC)CC(O)c1ccc(F)cc1. The molecule has 2 heteroatoms. The van der Waals surface area contributed by atoms with Crippen LogP contribution in [0.1, 0.15) is 44.8 Å². The van der Waals surface area contributed by atoms with E-state index in [1.54, 1.807) is 12.1 Å². The standard InChI is InChI=1S/C13H19FO/c1-3-10(4-2)9-13(15)11-5-7-12(14)8-6-11/h5-8,10,13,15H,3-4,9H2,1-2H3. The maximum Gasteiger partial charge on any atom is 0.123 e. The maximum absolute atomic E-state index is 12.7. The van der Waals surface area contributed by atoms with Gasteiger partial charge < -0.3 is 5.11 Å². The lowest BCUT2D eigenvalue weighted by atomic mass is 9.93. The minimum atomic E-state index is -0.463. The third kappa shape index (κ3) is 3.63. The van der Waals surface area contributed by atoms with E-state index in [4.69, 9.17) is 0 Å². The third-order valence-corrected chi connectivity index (χ3v) is 2.97. The highest BCUT2D eigenvalue weighted by Gasteiger charge is 2.13. The molecule has 1 aromatic rings. The smallest absolute Gasteiger partial charge is 0.123 e. The molecule has 0 aromatic heterocycles. The summed E-state index contributed by atoms with van der Waals surface area (Å²) in [6.07, 6.45) is 2.46. The molecule has 84 valence electrons. The van der Waals surface area contributed by atoms with Gasteiger partial charge in [0.15, 0.2) is 0 Å². The molecule has 1 aromatic carbocycles. The number of aliphatic hydroxyl groups excluding tert-OH is 1. The van der Waals surface area contributed by atoms with Gasteiger partial charge in [-0.05, 0) is 30.0 Å². The van der Waals surface area contributed by atoms with Gasteiger partial charge in [0.05, 0.1) is 6.10 Å². The zero-order valence-electron chi connectivity index (χ0n) is 9.41. The van der Waals surface area contributed by atoms with Crippen molar-refractivity contribution in [3.05, 3.63) is 35.6 Å². The lowest BCUT2D eigenvalue weighted by molar-refractivity contribution is 0.141. The first-order valence-corrected chi connectivity index (χ1v) is 5.60. The summed E-state index contributed by atoms with van der Waals surface area (Å²) in [5.74, 6) is 0.290. The normalized spacial score (nSPS) is 13.1. The van der Waals surface area contributed by atoms with Crippen LogP contribution in [0.2, 0.25) is 0 Å². The highest BCUT2D eigenvalue weighted by molar-refractivity contribution is 5.18. The van der Waals surface area contributed by atoms with Crippen molar-refractivity contribution in [1.29, 1.82) is 0 Å². The van der Waals surface area contributed by atoms with Gasteiger partial charge in [-0.2, -0.15) is 0 Å². The second-order valence-corrected chi connectivity index (χ2v) is 3.99. The molecular formula is C13H19FO. The Labute approximate surface area is 90.9 Å². The van der Waals surface area contributed by atoms with Crippen LogP contribution in [0, 0.1) is 11.7 Å². The van der Waals surface area contributed by atoms with Crippen molar-refractivity contribution in [3.8, 4) is 0 Å². The van der Waals surface area contributed by atoms with Crippen LogP contribution in [0.5, 0.6) is 0 Å². The van der Waals surface area contributed by atoms with E-state index in [0.717, 1.165) is 24.8 Å². The van der Waals surface area contributed by atoms with Crippen LogP contribution in [0.15, 0.2) is 24.3 Å². The fourth-order valence-electron chi connectivity index (χ4n) is 1.76. The Bertz CT molecular complexity index is 277. The summed E-state index contributed by atoms with van der Waals surface area (Å²) in [6, 6.07) is 6.10. The molecular weight excluding hydrogens is 191 g/mol. The number of benzene rings is 1. The lowest BCUT2D eigenvalue weighted by Crippen LogP contribution is -2.05. The van der Waals surface area contributed by atoms with Crippen LogP contribution in [0.3, 0.4) is 0 Å². The van der Waals surface area contributed by atoms with Crippen molar-refractivity contribution >= 4 is 0 Å². The van der Waals surface area contributed by atoms with Crippen molar-refractivity contribution in [2.24, 2.45) is 5.92 Å². The van der Waals surface area contributed by atoms with Crippen LogP contribution in [0.25, 0.3) is 0 Å². The van der Waals surface area contributed by atoms with E-state index in [1.165, 1.54) is 12.1 Å². The summed E-state index contributed by atoms with van der Waals surface area (Å²) in [6.45, 7) is 4.26. The number of halogens is 1. The number of aliphatic hydroxyl groups is 1. The Kier molecular flexibility index (Phi) is 4.76. The second-order valence-electron chi connectivity index (χ2n) is 3.99. The summed E-state index contributed by atoms with van der Waals surface area (Å²) >= 11 is 0. The maximum atomic E-state index is 12.7. The van der Waals surface area contributed by atoms with Gasteiger partial charge in [0, 0.05) is 0 Å². The molecule has 0 radical (unpaired) electrons. The predicted molar refractivity (Wildman–Crippen MR) is 60.0 cm³/mol. The molecule has 0 heterocycles. The largest absolute Gasteiger partial charge is 0.388 e. The van der Waals surface area contributed by atoms with Crippen molar-refractivity contribution < 1.29 is 9.50 Å². The molecule has 15 heavy (non-hydrogen) atoms. The monoisotopic (exact) mass is 210 g/mol. The number of rotatable bonds is 5. The fraction of sp³-hybridized carbons (Fsp3) is 0.538. The Hall–Kier alpha value is -0.890. The van der Waals surface area contributed by atoms with Gasteiger partial charge in [-0.3, -0.25) is 0 Å². The summed E-state index contributed by atoms with van der Waals surface area (Å²) in [5, 5.41) is 9.92. The molecule has 0 saturated heterocycles. The van der Waals surface area contributed by atoms with E-state index in [-0.39, 0.29) is 5.82 Å². The second kappa shape index (κ2) is 5.86. The molecule has 0 saturated carbocycles. The average Bonchev–Trinajstić information content (AvgIpc) is 2.26. The zero-order valence-corrected chi connectivity index (χ0v) is 9.41. The molecule has 1 rings (SSSR count). The molecule has 0 amide bonds. The van der Waals surface area contributed by atoms with E-state index in [0.29, 0.717) is 5.92 Å². The Morgan fingerprint density at radius 1 is 1.13 bits per heavy atom. The molecule has 1 atom stereocenters. The first-order valence-electron chi connectivity index (χ1n) is 5.60. The molecule has 1 unspecified atom stereocenters. The van der Waals surface area contributed by atoms with Crippen LogP contribution in [-0.4, -0.2) is 5.11 Å². The van der Waals surface area contributed by atoms with Crippen LogP contribution in [0.4, 0.5) is 4.39 Å². The first-order chi connectivity index (χ1) is 7.17. The van der Waals surface area contributed by atoms with E-state index < -0.39 is 6.10 Å². The van der Waals surface area contributed by atoms with Gasteiger partial charge in [0.2, 0.25) is 0 Å². The molecule has 0 aliphatic heterocycles. The molecule has 0 aliphatic rings. The highest BCUT2D eigenvalue weighted by atomic mass is 19.1. The predicted octanol–water partition coefficient (Wildman–Crippen LogP) is 3.69. The Morgan fingerprint density at radius 2 is 1.67 bits per heavy atom. The van der Waals surface area contributed by atoms with Crippen molar-refractivity contribution in [2.45, 2.75) is 39.2 Å². The highest BCUT2D eigenvalue weighted by Crippen LogP contribution is 2.24. The molecule has 1 N–H and O–H groups in total. The number of hydrogen-bond donors (Lipinski definition) is 1. The van der Waals surface area contributed by atoms with Gasteiger partial charge in [-0.25, -0.2) is 4.39 Å². The molecule has 0 aliphatic carbocycles. The lowest BCUT2D eigenvalue weighted by Gasteiger charge is -2.17. The third-order valence-electron chi connectivity index (χ3n) is 2.97. The van der Waals surface area contributed by atoms with Gasteiger partial charge in [-0.15, -0.1) is 0 Å². The first kappa shape index (κ1) is 12.2. The Morgan fingerprint density at radius 3 is 2.13 bits per heavy atom. The number of hydrogen-bond acceptors (Lipinski definition) is 1. The van der Waals surface area contributed by atoms with Gasteiger partial charge in [0.25, 0.3) is 0 Å². The zero-order chi connectivity index (χ0) is 11.3. The van der Waals surface area contributed by atoms with E-state index in [2.05, 4.69) is 13.8 Å². The topological polar surface area (TPSA) is 20.2 Å². The van der Waals surface area contributed by atoms with Gasteiger partial charge in [0.1, 0.15) is 5.82 Å². The van der Waals surface area contributed by atoms with E-state index in [9.17, 15) is 9.50 Å². The van der Waals surface area contributed by atoms with Crippen molar-refractivity contribution in [2.75, 3.05) is 0 Å². The Balaban J connectivity index is 2.60. The summed E-state index contributed by atoms with van der Waals surface area (Å²) < 4.78 is 12.7. The van der Waals surface area contributed by atoms with Crippen molar-refractivity contribution in [3.63, 3.8) is 0 Å². The molecule has 0 spiro atoms. The summed E-state index contributed by atoms with van der Waals surface area (Å²) in [5.41, 5.74) is 0.809. The molecule has 0 fully saturated rings. The fourth-order valence-corrected chi connectivity index (χ4v) is 1.76. The summed E-state index contributed by atoms with van der Waals surface area (Å²) in [7, 11) is 0. The quantitative estimate of drug-likeness (QED) is 0.786. The minimum Gasteiger partial charge on any atom is -0.388 e. The van der Waals surface area contributed by atoms with Crippen LogP contribution >= 0.6 is 0 Å². The van der Waals surface area contributed by atoms with E-state index >= 15 is 0 Å². The van der Waals surface area contributed by atoms with Crippen molar-refractivity contribution in [1.82, 2.24) is 0 Å². The van der Waals surface area contributed by atoms with Gasteiger partial charge in [-0.1, -0.05) is 38.8 Å². The summed E-state index contributed by atoms with van der Waals surface area (Å²) in [4.78, 5) is 0.